The van der Waals surface area contributed by atoms with Gasteiger partial charge in [-0.1, -0.05) is 18.2 Å². The predicted molar refractivity (Wildman–Crippen MR) is 80.3 cm³/mol. The third-order valence-corrected chi connectivity index (χ3v) is 3.01. The largest absolute Gasteiger partial charge is 0.508 e. The van der Waals surface area contributed by atoms with Crippen molar-refractivity contribution in [1.29, 1.82) is 0 Å². The van der Waals surface area contributed by atoms with Crippen LogP contribution in [0.3, 0.4) is 0 Å². The molecule has 2 atom stereocenters. The number of aryl methyl sites for hydroxylation is 1. The molecule has 0 aliphatic carbocycles. The van der Waals surface area contributed by atoms with Crippen LogP contribution in [-0.4, -0.2) is 30.8 Å². The number of amides is 1. The number of ether oxygens (including phenoxy) is 2. The number of hydrogen-bond acceptors (Lipinski definition) is 4. The molecular weight excluding hydrogens is 270 g/mol. The lowest BCUT2D eigenvalue weighted by atomic mass is 10.1. The van der Waals surface area contributed by atoms with E-state index in [1.165, 1.54) is 0 Å². The van der Waals surface area contributed by atoms with Gasteiger partial charge in [-0.3, -0.25) is 4.79 Å². The summed E-state index contributed by atoms with van der Waals surface area (Å²) < 4.78 is 9.77. The van der Waals surface area contributed by atoms with E-state index in [0.717, 1.165) is 5.56 Å². The molecule has 116 valence electrons. The molecule has 0 saturated heterocycles. The molecule has 0 aliphatic rings. The van der Waals surface area contributed by atoms with Crippen molar-refractivity contribution < 1.29 is 19.1 Å². The third-order valence-electron chi connectivity index (χ3n) is 3.01. The van der Waals surface area contributed by atoms with Crippen LogP contribution in [0.25, 0.3) is 0 Å². The van der Waals surface area contributed by atoms with E-state index < -0.39 is 6.16 Å². The molecule has 5 heteroatoms. The summed E-state index contributed by atoms with van der Waals surface area (Å²) in [5, 5.41) is 2.90. The van der Waals surface area contributed by atoms with Crippen molar-refractivity contribution in [3.8, 4) is 0 Å². The molecule has 0 aliphatic heterocycles. The highest BCUT2D eigenvalue weighted by atomic mass is 16.7. The van der Waals surface area contributed by atoms with Gasteiger partial charge in [-0.25, -0.2) is 4.79 Å². The zero-order valence-corrected chi connectivity index (χ0v) is 13.0. The molecule has 0 radical (unpaired) electrons. The Morgan fingerprint density at radius 3 is 2.52 bits per heavy atom. The van der Waals surface area contributed by atoms with E-state index in [4.69, 9.17) is 9.47 Å². The molecule has 0 spiro atoms. The molecule has 1 rings (SSSR count). The standard InChI is InChI=1S/C16H23NO4/c1-5-20-16(19)21-13(4)10-12(3)17-15(18)14-9-7-6-8-11(14)2/h6-9,12-13H,5,10H2,1-4H3,(H,17,18). The van der Waals surface area contributed by atoms with Crippen molar-refractivity contribution in [2.45, 2.75) is 46.3 Å². The predicted octanol–water partition coefficient (Wildman–Crippen LogP) is 3.07. The molecule has 1 aromatic carbocycles. The molecule has 0 heterocycles. The van der Waals surface area contributed by atoms with Crippen molar-refractivity contribution in [3.63, 3.8) is 0 Å². The monoisotopic (exact) mass is 293 g/mol. The average molecular weight is 293 g/mol. The van der Waals surface area contributed by atoms with E-state index in [1.807, 2.05) is 32.0 Å². The van der Waals surface area contributed by atoms with Crippen molar-refractivity contribution >= 4 is 12.1 Å². The third kappa shape index (κ3) is 5.85. The molecule has 1 aromatic rings. The van der Waals surface area contributed by atoms with Gasteiger partial charge >= 0.3 is 6.16 Å². The lowest BCUT2D eigenvalue weighted by Gasteiger charge is -2.19. The van der Waals surface area contributed by atoms with Gasteiger partial charge < -0.3 is 14.8 Å². The maximum absolute atomic E-state index is 12.1. The summed E-state index contributed by atoms with van der Waals surface area (Å²) in [7, 11) is 0. The summed E-state index contributed by atoms with van der Waals surface area (Å²) in [6.45, 7) is 7.54. The molecule has 5 nitrogen and oxygen atoms in total. The second-order valence-electron chi connectivity index (χ2n) is 5.04. The second kappa shape index (κ2) is 8.29. The molecule has 21 heavy (non-hydrogen) atoms. The van der Waals surface area contributed by atoms with E-state index in [9.17, 15) is 9.59 Å². The highest BCUT2D eigenvalue weighted by molar-refractivity contribution is 5.95. The summed E-state index contributed by atoms with van der Waals surface area (Å²) in [5.41, 5.74) is 1.58. The van der Waals surface area contributed by atoms with E-state index in [0.29, 0.717) is 12.0 Å². The van der Waals surface area contributed by atoms with Crippen LogP contribution in [0.4, 0.5) is 4.79 Å². The number of nitrogens with one attached hydrogen (secondary N) is 1. The number of rotatable bonds is 6. The van der Waals surface area contributed by atoms with E-state index >= 15 is 0 Å². The molecule has 1 amide bonds. The first-order valence-corrected chi connectivity index (χ1v) is 7.14. The maximum atomic E-state index is 12.1. The molecule has 0 fully saturated rings. The molecule has 2 unspecified atom stereocenters. The van der Waals surface area contributed by atoms with Crippen LogP contribution in [0.5, 0.6) is 0 Å². The smallest absolute Gasteiger partial charge is 0.435 e. The Balaban J connectivity index is 2.46. The molecular formula is C16H23NO4. The van der Waals surface area contributed by atoms with Crippen LogP contribution in [0, 0.1) is 6.92 Å². The van der Waals surface area contributed by atoms with Gasteiger partial charge in [-0.15, -0.1) is 0 Å². The Kier molecular flexibility index (Phi) is 6.72. The van der Waals surface area contributed by atoms with Crippen molar-refractivity contribution in [1.82, 2.24) is 5.32 Å². The number of benzene rings is 1. The van der Waals surface area contributed by atoms with Crippen LogP contribution in [0.15, 0.2) is 24.3 Å². The minimum atomic E-state index is -0.678. The normalized spacial score (nSPS) is 13.1. The van der Waals surface area contributed by atoms with Gasteiger partial charge in [0.25, 0.3) is 5.91 Å². The van der Waals surface area contributed by atoms with Gasteiger partial charge in [0.1, 0.15) is 6.10 Å². The van der Waals surface area contributed by atoms with Crippen LogP contribution >= 0.6 is 0 Å². The Hall–Kier alpha value is -2.04. The van der Waals surface area contributed by atoms with E-state index in [1.54, 1.807) is 19.9 Å². The van der Waals surface area contributed by atoms with E-state index in [-0.39, 0.29) is 24.7 Å². The summed E-state index contributed by atoms with van der Waals surface area (Å²) in [5.74, 6) is -0.121. The second-order valence-corrected chi connectivity index (χ2v) is 5.04. The Morgan fingerprint density at radius 1 is 1.24 bits per heavy atom. The fourth-order valence-corrected chi connectivity index (χ4v) is 2.05. The van der Waals surface area contributed by atoms with Gasteiger partial charge in [-0.05, 0) is 39.3 Å². The molecule has 0 aromatic heterocycles. The highest BCUT2D eigenvalue weighted by Crippen LogP contribution is 2.09. The summed E-state index contributed by atoms with van der Waals surface area (Å²) in [6.07, 6.45) is -0.477. The van der Waals surface area contributed by atoms with Crippen LogP contribution in [0.2, 0.25) is 0 Å². The molecule has 1 N–H and O–H groups in total. The van der Waals surface area contributed by atoms with Gasteiger partial charge in [0, 0.05) is 18.0 Å². The van der Waals surface area contributed by atoms with Crippen molar-refractivity contribution in [2.75, 3.05) is 6.61 Å². The van der Waals surface area contributed by atoms with Gasteiger partial charge in [0.15, 0.2) is 0 Å². The Morgan fingerprint density at radius 2 is 1.90 bits per heavy atom. The van der Waals surface area contributed by atoms with Gasteiger partial charge in [0.2, 0.25) is 0 Å². The molecule has 0 bridgehead atoms. The lowest BCUT2D eigenvalue weighted by Crippen LogP contribution is -2.36. The summed E-state index contributed by atoms with van der Waals surface area (Å²) >= 11 is 0. The average Bonchev–Trinajstić information content (AvgIpc) is 2.38. The first kappa shape index (κ1) is 17.0. The highest BCUT2D eigenvalue weighted by Gasteiger charge is 2.16. The zero-order chi connectivity index (χ0) is 15.8. The molecule has 0 saturated carbocycles. The van der Waals surface area contributed by atoms with Crippen LogP contribution < -0.4 is 5.32 Å². The first-order chi connectivity index (χ1) is 9.93. The fourth-order valence-electron chi connectivity index (χ4n) is 2.05. The number of carbonyl (C=O) groups excluding carboxylic acids is 2. The Labute approximate surface area is 125 Å². The summed E-state index contributed by atoms with van der Waals surface area (Å²) in [4.78, 5) is 23.3. The lowest BCUT2D eigenvalue weighted by molar-refractivity contribution is 0.0272. The van der Waals surface area contributed by atoms with Crippen LogP contribution in [-0.2, 0) is 9.47 Å². The minimum absolute atomic E-state index is 0.110. The van der Waals surface area contributed by atoms with Gasteiger partial charge in [0.05, 0.1) is 6.61 Å². The topological polar surface area (TPSA) is 64.6 Å². The van der Waals surface area contributed by atoms with Crippen LogP contribution in [0.1, 0.15) is 43.1 Å². The number of hydrogen-bond donors (Lipinski definition) is 1. The first-order valence-electron chi connectivity index (χ1n) is 7.14. The maximum Gasteiger partial charge on any atom is 0.508 e. The van der Waals surface area contributed by atoms with Crippen molar-refractivity contribution in [2.24, 2.45) is 0 Å². The zero-order valence-electron chi connectivity index (χ0n) is 13.0. The quantitative estimate of drug-likeness (QED) is 0.819. The minimum Gasteiger partial charge on any atom is -0.435 e. The van der Waals surface area contributed by atoms with Gasteiger partial charge in [-0.2, -0.15) is 0 Å². The van der Waals surface area contributed by atoms with E-state index in [2.05, 4.69) is 5.32 Å². The van der Waals surface area contributed by atoms with Crippen molar-refractivity contribution in [3.05, 3.63) is 35.4 Å². The summed E-state index contributed by atoms with van der Waals surface area (Å²) in [6, 6.07) is 7.30. The SMILES string of the molecule is CCOC(=O)OC(C)CC(C)NC(=O)c1ccccc1C. The Bertz CT molecular complexity index is 487. The fraction of sp³-hybridized carbons (Fsp3) is 0.500. The number of carbonyl (C=O) groups is 2.